The van der Waals surface area contributed by atoms with Gasteiger partial charge in [0.1, 0.15) is 11.9 Å². The standard InChI is InChI=1S/C16H18FN5O2S2/c17-10-5-1-2-6-11(10)19-15-20-21-16(26-15)25-9-13(23)22-8-4-3-7-12(22)14(18)24/h1-2,5-6,12H,3-4,7-9H2,(H2,18,24)(H,19,20)/t12-/m1/s1. The van der Waals surface area contributed by atoms with E-state index < -0.39 is 11.9 Å². The first-order chi connectivity index (χ1) is 12.5. The number of benzene rings is 1. The molecule has 138 valence electrons. The Bertz CT molecular complexity index is 800. The van der Waals surface area contributed by atoms with Crippen LogP contribution in [0, 0.1) is 5.82 Å². The van der Waals surface area contributed by atoms with Crippen molar-refractivity contribution in [1.29, 1.82) is 0 Å². The summed E-state index contributed by atoms with van der Waals surface area (Å²) in [5.74, 6) is -0.833. The molecule has 2 heterocycles. The number of hydrogen-bond acceptors (Lipinski definition) is 7. The van der Waals surface area contributed by atoms with Crippen molar-refractivity contribution in [1.82, 2.24) is 15.1 Å². The Morgan fingerprint density at radius 3 is 2.92 bits per heavy atom. The van der Waals surface area contributed by atoms with Crippen LogP contribution in [-0.2, 0) is 9.59 Å². The Balaban J connectivity index is 1.57. The van der Waals surface area contributed by atoms with Crippen molar-refractivity contribution < 1.29 is 14.0 Å². The number of halogens is 1. The molecule has 10 heteroatoms. The van der Waals surface area contributed by atoms with Crippen molar-refractivity contribution >= 4 is 45.7 Å². The minimum absolute atomic E-state index is 0.141. The Morgan fingerprint density at radius 1 is 1.35 bits per heavy atom. The number of para-hydroxylation sites is 1. The number of nitrogens with zero attached hydrogens (tertiary/aromatic N) is 3. The molecule has 1 aliphatic rings. The molecule has 1 aliphatic heterocycles. The minimum atomic E-state index is -0.524. The van der Waals surface area contributed by atoms with E-state index in [0.29, 0.717) is 28.1 Å². The molecule has 3 rings (SSSR count). The van der Waals surface area contributed by atoms with Crippen LogP contribution in [0.25, 0.3) is 0 Å². The summed E-state index contributed by atoms with van der Waals surface area (Å²) < 4.78 is 14.2. The van der Waals surface area contributed by atoms with E-state index in [1.807, 2.05) is 0 Å². The van der Waals surface area contributed by atoms with Gasteiger partial charge in [0, 0.05) is 6.54 Å². The molecular weight excluding hydrogens is 377 g/mol. The van der Waals surface area contributed by atoms with Gasteiger partial charge in [-0.3, -0.25) is 9.59 Å². The summed E-state index contributed by atoms with van der Waals surface area (Å²) in [5.41, 5.74) is 5.71. The lowest BCUT2D eigenvalue weighted by Crippen LogP contribution is -2.51. The number of primary amides is 1. The highest BCUT2D eigenvalue weighted by molar-refractivity contribution is 8.01. The van der Waals surface area contributed by atoms with Crippen LogP contribution in [-0.4, -0.2) is 45.3 Å². The first-order valence-corrected chi connectivity index (χ1v) is 9.91. The van der Waals surface area contributed by atoms with Crippen LogP contribution in [0.2, 0.25) is 0 Å². The van der Waals surface area contributed by atoms with Crippen molar-refractivity contribution in [2.75, 3.05) is 17.6 Å². The molecule has 1 aromatic carbocycles. The smallest absolute Gasteiger partial charge is 0.240 e. The number of aromatic nitrogens is 2. The second-order valence-electron chi connectivity index (χ2n) is 5.77. The van der Waals surface area contributed by atoms with Crippen molar-refractivity contribution in [3.8, 4) is 0 Å². The number of hydrogen-bond donors (Lipinski definition) is 2. The fraction of sp³-hybridized carbons (Fsp3) is 0.375. The first-order valence-electron chi connectivity index (χ1n) is 8.11. The summed E-state index contributed by atoms with van der Waals surface area (Å²) in [5, 5.41) is 11.3. The lowest BCUT2D eigenvalue weighted by atomic mass is 10.0. The quantitative estimate of drug-likeness (QED) is 0.728. The molecule has 0 saturated carbocycles. The summed E-state index contributed by atoms with van der Waals surface area (Å²) in [7, 11) is 0. The first kappa shape index (κ1) is 18.6. The molecule has 0 aliphatic carbocycles. The number of thioether (sulfide) groups is 1. The topological polar surface area (TPSA) is 101 Å². The molecule has 1 saturated heterocycles. The Morgan fingerprint density at radius 2 is 2.15 bits per heavy atom. The summed E-state index contributed by atoms with van der Waals surface area (Å²) >= 11 is 2.47. The normalized spacial score (nSPS) is 17.1. The lowest BCUT2D eigenvalue weighted by molar-refractivity contribution is -0.138. The SMILES string of the molecule is NC(=O)[C@H]1CCCCN1C(=O)CSc1nnc(Nc2ccccc2F)s1. The van der Waals surface area contributed by atoms with Crippen molar-refractivity contribution in [3.05, 3.63) is 30.1 Å². The average Bonchev–Trinajstić information content (AvgIpc) is 3.09. The van der Waals surface area contributed by atoms with E-state index >= 15 is 0 Å². The highest BCUT2D eigenvalue weighted by atomic mass is 32.2. The number of piperidine rings is 1. The molecule has 2 amide bonds. The fourth-order valence-corrected chi connectivity index (χ4v) is 4.38. The van der Waals surface area contributed by atoms with Gasteiger partial charge < -0.3 is 16.0 Å². The largest absolute Gasteiger partial charge is 0.368 e. The average molecular weight is 395 g/mol. The zero-order valence-corrected chi connectivity index (χ0v) is 15.5. The third kappa shape index (κ3) is 4.50. The second-order valence-corrected chi connectivity index (χ2v) is 7.97. The van der Waals surface area contributed by atoms with Gasteiger partial charge in [-0.1, -0.05) is 35.2 Å². The van der Waals surface area contributed by atoms with Gasteiger partial charge in [-0.2, -0.15) is 0 Å². The molecule has 0 spiro atoms. The van der Waals surface area contributed by atoms with Crippen LogP contribution in [0.15, 0.2) is 28.6 Å². The number of likely N-dealkylation sites (tertiary alicyclic amines) is 1. The maximum atomic E-state index is 13.6. The minimum Gasteiger partial charge on any atom is -0.368 e. The summed E-state index contributed by atoms with van der Waals surface area (Å²) in [6.45, 7) is 0.545. The van der Waals surface area contributed by atoms with Crippen LogP contribution >= 0.6 is 23.1 Å². The highest BCUT2D eigenvalue weighted by Gasteiger charge is 2.30. The van der Waals surface area contributed by atoms with Gasteiger partial charge in [0.25, 0.3) is 0 Å². The van der Waals surface area contributed by atoms with Gasteiger partial charge in [-0.05, 0) is 31.4 Å². The Hall–Kier alpha value is -2.20. The monoisotopic (exact) mass is 395 g/mol. The molecule has 1 fully saturated rings. The van der Waals surface area contributed by atoms with E-state index in [1.165, 1.54) is 29.2 Å². The van der Waals surface area contributed by atoms with E-state index in [4.69, 9.17) is 5.73 Å². The molecule has 3 N–H and O–H groups in total. The van der Waals surface area contributed by atoms with E-state index in [2.05, 4.69) is 15.5 Å². The number of carbonyl (C=O) groups is 2. The number of anilines is 2. The predicted octanol–water partition coefficient (Wildman–Crippen LogP) is 2.38. The zero-order chi connectivity index (χ0) is 18.5. The number of nitrogens with two attached hydrogens (primary N) is 1. The molecule has 0 radical (unpaired) electrons. The van der Waals surface area contributed by atoms with Crippen LogP contribution in [0.1, 0.15) is 19.3 Å². The lowest BCUT2D eigenvalue weighted by Gasteiger charge is -2.33. The Kier molecular flexibility index (Phi) is 6.04. The van der Waals surface area contributed by atoms with Gasteiger partial charge in [0.15, 0.2) is 4.34 Å². The van der Waals surface area contributed by atoms with E-state index in [9.17, 15) is 14.0 Å². The summed E-state index contributed by atoms with van der Waals surface area (Å²) in [6.07, 6.45) is 2.38. The van der Waals surface area contributed by atoms with Crippen LogP contribution in [0.4, 0.5) is 15.2 Å². The van der Waals surface area contributed by atoms with Gasteiger partial charge in [-0.15, -0.1) is 10.2 Å². The predicted molar refractivity (Wildman–Crippen MR) is 98.9 cm³/mol. The number of nitrogens with one attached hydrogen (secondary N) is 1. The van der Waals surface area contributed by atoms with Gasteiger partial charge in [-0.25, -0.2) is 4.39 Å². The van der Waals surface area contributed by atoms with Gasteiger partial charge in [0.05, 0.1) is 11.4 Å². The van der Waals surface area contributed by atoms with Crippen molar-refractivity contribution in [3.63, 3.8) is 0 Å². The molecule has 26 heavy (non-hydrogen) atoms. The van der Waals surface area contributed by atoms with E-state index in [0.717, 1.165) is 12.8 Å². The molecule has 1 aromatic heterocycles. The third-order valence-electron chi connectivity index (χ3n) is 3.99. The maximum Gasteiger partial charge on any atom is 0.240 e. The molecule has 1 atom stereocenters. The van der Waals surface area contributed by atoms with Crippen LogP contribution in [0.5, 0.6) is 0 Å². The van der Waals surface area contributed by atoms with Crippen molar-refractivity contribution in [2.24, 2.45) is 5.73 Å². The van der Waals surface area contributed by atoms with Crippen LogP contribution in [0.3, 0.4) is 0 Å². The Labute approximate surface area is 158 Å². The molecule has 2 aromatic rings. The van der Waals surface area contributed by atoms with Gasteiger partial charge >= 0.3 is 0 Å². The molecule has 0 unspecified atom stereocenters. The summed E-state index contributed by atoms with van der Waals surface area (Å²) in [6, 6.07) is 5.76. The van der Waals surface area contributed by atoms with E-state index in [-0.39, 0.29) is 17.5 Å². The third-order valence-corrected chi connectivity index (χ3v) is 5.95. The molecule has 7 nitrogen and oxygen atoms in total. The van der Waals surface area contributed by atoms with Crippen LogP contribution < -0.4 is 11.1 Å². The van der Waals surface area contributed by atoms with E-state index in [1.54, 1.807) is 23.1 Å². The maximum absolute atomic E-state index is 13.6. The second kappa shape index (κ2) is 8.45. The fourth-order valence-electron chi connectivity index (χ4n) is 2.73. The van der Waals surface area contributed by atoms with Gasteiger partial charge in [0.2, 0.25) is 16.9 Å². The number of amides is 2. The molecule has 0 bridgehead atoms. The summed E-state index contributed by atoms with van der Waals surface area (Å²) in [4.78, 5) is 25.5. The molecular formula is C16H18FN5O2S2. The van der Waals surface area contributed by atoms with Crippen molar-refractivity contribution in [2.45, 2.75) is 29.6 Å². The highest BCUT2D eigenvalue weighted by Crippen LogP contribution is 2.29. The zero-order valence-electron chi connectivity index (χ0n) is 13.9. The number of rotatable bonds is 6. The number of carbonyl (C=O) groups excluding carboxylic acids is 2.